The number of carbonyl (C=O) groups is 1. The molecular weight excluding hydrogens is 268 g/mol. The number of rotatable bonds is 4. The Balaban J connectivity index is 1.57. The van der Waals surface area contributed by atoms with Gasteiger partial charge in [0.25, 0.3) is 5.91 Å². The summed E-state index contributed by atoms with van der Waals surface area (Å²) in [6.45, 7) is -0.0280. The van der Waals surface area contributed by atoms with Gasteiger partial charge in [0.05, 0.1) is 0 Å². The molecule has 1 aromatic carbocycles. The van der Waals surface area contributed by atoms with E-state index in [9.17, 15) is 4.79 Å². The van der Waals surface area contributed by atoms with Crippen LogP contribution in [0.5, 0.6) is 6.08 Å². The van der Waals surface area contributed by atoms with E-state index in [0.29, 0.717) is 11.6 Å². The molecule has 1 saturated carbocycles. The molecule has 5 heteroatoms. The van der Waals surface area contributed by atoms with E-state index in [1.807, 2.05) is 36.2 Å². The second-order valence-corrected chi connectivity index (χ2v) is 5.53. The van der Waals surface area contributed by atoms with E-state index >= 15 is 0 Å². The molecule has 1 amide bonds. The van der Waals surface area contributed by atoms with Crippen LogP contribution in [0.25, 0.3) is 11.1 Å². The molecule has 1 heterocycles. The molecule has 1 aliphatic carbocycles. The number of amides is 1. The molecule has 0 spiro atoms. The summed E-state index contributed by atoms with van der Waals surface area (Å²) >= 11 is 0. The summed E-state index contributed by atoms with van der Waals surface area (Å²) in [5.41, 5.74) is 1.40. The number of hydrogen-bond acceptors (Lipinski definition) is 4. The summed E-state index contributed by atoms with van der Waals surface area (Å²) in [6, 6.07) is 7.78. The minimum absolute atomic E-state index is 0.0239. The molecule has 5 nitrogen and oxygen atoms in total. The van der Waals surface area contributed by atoms with Crippen molar-refractivity contribution in [1.29, 1.82) is 0 Å². The number of nitrogens with zero attached hydrogens (tertiary/aromatic N) is 2. The van der Waals surface area contributed by atoms with E-state index in [-0.39, 0.29) is 18.6 Å². The first-order valence-corrected chi connectivity index (χ1v) is 7.48. The molecule has 2 aromatic rings. The molecule has 1 aromatic heterocycles. The van der Waals surface area contributed by atoms with Gasteiger partial charge in [-0.05, 0) is 25.0 Å². The van der Waals surface area contributed by atoms with Crippen LogP contribution in [0.4, 0.5) is 0 Å². The number of fused-ring (bicyclic) bond motifs is 1. The van der Waals surface area contributed by atoms with Crippen LogP contribution < -0.4 is 4.74 Å². The van der Waals surface area contributed by atoms with Gasteiger partial charge in [0.15, 0.2) is 12.2 Å². The molecule has 3 rings (SSSR count). The first kappa shape index (κ1) is 13.9. The van der Waals surface area contributed by atoms with Crippen molar-refractivity contribution in [1.82, 2.24) is 9.88 Å². The fraction of sp³-hybridized carbons (Fsp3) is 0.500. The van der Waals surface area contributed by atoms with E-state index in [1.54, 1.807) is 0 Å². The minimum atomic E-state index is -0.0280. The fourth-order valence-electron chi connectivity index (χ4n) is 2.81. The molecule has 0 aliphatic heterocycles. The number of benzene rings is 1. The third kappa shape index (κ3) is 3.17. The Morgan fingerprint density at radius 3 is 2.86 bits per heavy atom. The SMILES string of the molecule is CN(C(=O)COc1nc2ccccc2o1)C1CCCCC1. The average Bonchev–Trinajstić information content (AvgIpc) is 2.95. The Hall–Kier alpha value is -2.04. The summed E-state index contributed by atoms with van der Waals surface area (Å²) < 4.78 is 10.8. The van der Waals surface area contributed by atoms with Crippen molar-refractivity contribution >= 4 is 17.0 Å². The topological polar surface area (TPSA) is 55.6 Å². The molecule has 0 radical (unpaired) electrons. The van der Waals surface area contributed by atoms with Crippen molar-refractivity contribution in [2.75, 3.05) is 13.7 Å². The largest absolute Gasteiger partial charge is 0.440 e. The number of aromatic nitrogens is 1. The zero-order valence-corrected chi connectivity index (χ0v) is 12.2. The normalized spacial score (nSPS) is 16.0. The predicted molar refractivity (Wildman–Crippen MR) is 79.1 cm³/mol. The number of carbonyl (C=O) groups excluding carboxylic acids is 1. The summed E-state index contributed by atoms with van der Waals surface area (Å²) in [5, 5.41) is 0. The maximum atomic E-state index is 12.2. The van der Waals surface area contributed by atoms with Crippen LogP contribution in [0.15, 0.2) is 28.7 Å². The molecule has 112 valence electrons. The maximum absolute atomic E-state index is 12.2. The number of ether oxygens (including phenoxy) is 1. The van der Waals surface area contributed by atoms with Crippen LogP contribution >= 0.6 is 0 Å². The molecule has 1 fully saturated rings. The van der Waals surface area contributed by atoms with Gasteiger partial charge in [-0.25, -0.2) is 0 Å². The van der Waals surface area contributed by atoms with Gasteiger partial charge in [0.2, 0.25) is 0 Å². The third-order valence-corrected chi connectivity index (χ3v) is 4.11. The highest BCUT2D eigenvalue weighted by atomic mass is 16.6. The van der Waals surface area contributed by atoms with E-state index in [4.69, 9.17) is 9.15 Å². The van der Waals surface area contributed by atoms with Crippen molar-refractivity contribution in [3.05, 3.63) is 24.3 Å². The Labute approximate surface area is 123 Å². The Morgan fingerprint density at radius 2 is 2.10 bits per heavy atom. The van der Waals surface area contributed by atoms with Gasteiger partial charge in [-0.15, -0.1) is 0 Å². The van der Waals surface area contributed by atoms with Crippen LogP contribution in [0, 0.1) is 0 Å². The molecule has 21 heavy (non-hydrogen) atoms. The van der Waals surface area contributed by atoms with Crippen LogP contribution in [0.3, 0.4) is 0 Å². The first-order chi connectivity index (χ1) is 10.2. The highest BCUT2D eigenvalue weighted by Gasteiger charge is 2.22. The third-order valence-electron chi connectivity index (χ3n) is 4.11. The zero-order valence-electron chi connectivity index (χ0n) is 12.2. The minimum Gasteiger partial charge on any atom is -0.440 e. The van der Waals surface area contributed by atoms with Crippen molar-refractivity contribution in [2.24, 2.45) is 0 Å². The molecule has 1 aliphatic rings. The van der Waals surface area contributed by atoms with Crippen LogP contribution in [0.1, 0.15) is 32.1 Å². The van der Waals surface area contributed by atoms with Crippen molar-refractivity contribution < 1.29 is 13.9 Å². The van der Waals surface area contributed by atoms with E-state index in [0.717, 1.165) is 18.4 Å². The number of para-hydroxylation sites is 2. The lowest BCUT2D eigenvalue weighted by atomic mass is 9.94. The van der Waals surface area contributed by atoms with Gasteiger partial charge in [-0.1, -0.05) is 31.4 Å². The fourth-order valence-corrected chi connectivity index (χ4v) is 2.81. The van der Waals surface area contributed by atoms with Gasteiger partial charge >= 0.3 is 6.08 Å². The maximum Gasteiger partial charge on any atom is 0.395 e. The highest BCUT2D eigenvalue weighted by molar-refractivity contribution is 5.78. The molecule has 0 unspecified atom stereocenters. The van der Waals surface area contributed by atoms with Crippen LogP contribution in [-0.2, 0) is 4.79 Å². The summed E-state index contributed by atoms with van der Waals surface area (Å²) in [6.07, 6.45) is 6.01. The summed E-state index contributed by atoms with van der Waals surface area (Å²) in [4.78, 5) is 18.2. The first-order valence-electron chi connectivity index (χ1n) is 7.48. The molecule has 0 N–H and O–H groups in total. The van der Waals surface area contributed by atoms with Crippen molar-refractivity contribution in [3.63, 3.8) is 0 Å². The Kier molecular flexibility index (Phi) is 4.08. The molecule has 0 bridgehead atoms. The number of likely N-dealkylation sites (N-methyl/N-ethyl adjacent to an activating group) is 1. The zero-order chi connectivity index (χ0) is 14.7. The van der Waals surface area contributed by atoms with Gasteiger partial charge < -0.3 is 14.1 Å². The average molecular weight is 288 g/mol. The predicted octanol–water partition coefficient (Wildman–Crippen LogP) is 3.00. The quantitative estimate of drug-likeness (QED) is 0.868. The van der Waals surface area contributed by atoms with Gasteiger partial charge in [-0.2, -0.15) is 4.98 Å². The lowest BCUT2D eigenvalue weighted by Gasteiger charge is -2.30. The van der Waals surface area contributed by atoms with Crippen molar-refractivity contribution in [2.45, 2.75) is 38.1 Å². The monoisotopic (exact) mass is 288 g/mol. The summed E-state index contributed by atoms with van der Waals surface area (Å²) in [5.74, 6) is -0.0239. The Bertz CT molecular complexity index is 584. The van der Waals surface area contributed by atoms with Crippen LogP contribution in [0.2, 0.25) is 0 Å². The second kappa shape index (κ2) is 6.16. The molecule has 0 saturated heterocycles. The Morgan fingerprint density at radius 1 is 1.33 bits per heavy atom. The highest BCUT2D eigenvalue weighted by Crippen LogP contribution is 2.22. The second-order valence-electron chi connectivity index (χ2n) is 5.53. The van der Waals surface area contributed by atoms with Gasteiger partial charge in [-0.3, -0.25) is 4.79 Å². The standard InChI is InChI=1S/C16H20N2O3/c1-18(12-7-3-2-4-8-12)15(19)11-20-16-17-13-9-5-6-10-14(13)21-16/h5-6,9-10,12H,2-4,7-8,11H2,1H3. The van der Waals surface area contributed by atoms with Gasteiger partial charge in [0, 0.05) is 13.1 Å². The smallest absolute Gasteiger partial charge is 0.395 e. The molecular formula is C16H20N2O3. The number of oxazole rings is 1. The van der Waals surface area contributed by atoms with Crippen molar-refractivity contribution in [3.8, 4) is 6.08 Å². The van der Waals surface area contributed by atoms with E-state index in [2.05, 4.69) is 4.98 Å². The molecule has 0 atom stereocenters. The lowest BCUT2D eigenvalue weighted by molar-refractivity contribution is -0.135. The lowest BCUT2D eigenvalue weighted by Crippen LogP contribution is -2.40. The van der Waals surface area contributed by atoms with E-state index < -0.39 is 0 Å². The van der Waals surface area contributed by atoms with E-state index in [1.165, 1.54) is 19.3 Å². The number of hydrogen-bond donors (Lipinski definition) is 0. The van der Waals surface area contributed by atoms with Gasteiger partial charge in [0.1, 0.15) is 5.52 Å². The van der Waals surface area contributed by atoms with Crippen LogP contribution in [-0.4, -0.2) is 35.5 Å². The summed E-state index contributed by atoms with van der Waals surface area (Å²) in [7, 11) is 1.85.